The Kier molecular flexibility index (Phi) is 5.75. The van der Waals surface area contributed by atoms with E-state index in [0.717, 1.165) is 19.4 Å². The van der Waals surface area contributed by atoms with E-state index in [-0.39, 0.29) is 0 Å². The van der Waals surface area contributed by atoms with Crippen molar-refractivity contribution in [3.8, 4) is 0 Å². The topological polar surface area (TPSA) is 61.8 Å². The molecule has 72 valence electrons. The fraction of sp³-hybridized carbons (Fsp3) is 0.875. The molecule has 1 aliphatic heterocycles. The second-order valence-electron chi connectivity index (χ2n) is 2.99. The zero-order valence-corrected chi connectivity index (χ0v) is 7.76. The first-order valence-corrected chi connectivity index (χ1v) is 4.78. The first kappa shape index (κ1) is 9.95. The maximum absolute atomic E-state index is 3.83. The Hall–Kier alpha value is -1.13. The molecule has 0 spiro atoms. The Bertz CT molecular complexity index is 177. The van der Waals surface area contributed by atoms with E-state index in [0.29, 0.717) is 0 Å². The molecule has 0 aromatic carbocycles. The summed E-state index contributed by atoms with van der Waals surface area (Å²) in [6.07, 6.45) is 8.81. The van der Waals surface area contributed by atoms with Crippen LogP contribution >= 0.6 is 0 Å². The first-order chi connectivity index (χ1) is 6.50. The molecule has 0 radical (unpaired) electrons. The van der Waals surface area contributed by atoms with Crippen molar-refractivity contribution in [3.05, 3.63) is 0 Å². The molecule has 0 fully saturated rings. The minimum absolute atomic E-state index is 0.753. The lowest BCUT2D eigenvalue weighted by Crippen LogP contribution is -1.82. The Labute approximate surface area is 78.0 Å². The van der Waals surface area contributed by atoms with Crippen LogP contribution in [0.1, 0.15) is 38.5 Å². The van der Waals surface area contributed by atoms with Gasteiger partial charge < -0.3 is 0 Å². The van der Waals surface area contributed by atoms with Gasteiger partial charge in [-0.2, -0.15) is 5.11 Å². The Morgan fingerprint density at radius 2 is 1.62 bits per heavy atom. The van der Waals surface area contributed by atoms with Gasteiger partial charge in [0.2, 0.25) is 0 Å². The number of nitrogens with zero attached hydrogens (tertiary/aromatic N) is 5. The van der Waals surface area contributed by atoms with E-state index in [4.69, 9.17) is 0 Å². The van der Waals surface area contributed by atoms with Gasteiger partial charge in [0.15, 0.2) is 0 Å². The second kappa shape index (κ2) is 7.52. The number of hydrogen-bond acceptors (Lipinski definition) is 5. The molecular weight excluding hydrogens is 166 g/mol. The highest BCUT2D eigenvalue weighted by molar-refractivity contribution is 5.56. The van der Waals surface area contributed by atoms with Crippen LogP contribution in [-0.2, 0) is 0 Å². The number of rotatable bonds is 0. The van der Waals surface area contributed by atoms with Crippen molar-refractivity contribution < 1.29 is 0 Å². The van der Waals surface area contributed by atoms with Crippen LogP contribution in [-0.4, -0.2) is 12.8 Å². The summed E-state index contributed by atoms with van der Waals surface area (Å²) in [6.45, 7) is 0.753. The van der Waals surface area contributed by atoms with E-state index in [1.165, 1.54) is 25.7 Å². The van der Waals surface area contributed by atoms with Crippen LogP contribution < -0.4 is 0 Å². The first-order valence-electron chi connectivity index (χ1n) is 4.78. The predicted molar refractivity (Wildman–Crippen MR) is 50.8 cm³/mol. The molecule has 0 atom stereocenters. The molecule has 0 aromatic rings. The molecule has 1 aliphatic rings. The van der Waals surface area contributed by atoms with Crippen LogP contribution in [0.5, 0.6) is 0 Å². The highest BCUT2D eigenvalue weighted by Crippen LogP contribution is 2.05. The molecule has 1 heterocycles. The minimum Gasteiger partial charge on any atom is -0.167 e. The fourth-order valence-corrected chi connectivity index (χ4v) is 1.16. The molecule has 0 aliphatic carbocycles. The Balaban J connectivity index is 2.29. The average Bonchev–Trinajstić information content (AvgIpc) is 2.18. The van der Waals surface area contributed by atoms with Crippen LogP contribution in [0.3, 0.4) is 0 Å². The summed E-state index contributed by atoms with van der Waals surface area (Å²) in [7, 11) is 0. The fourth-order valence-electron chi connectivity index (χ4n) is 1.16. The van der Waals surface area contributed by atoms with Crippen molar-refractivity contribution in [2.24, 2.45) is 25.9 Å². The van der Waals surface area contributed by atoms with E-state index in [2.05, 4.69) is 25.9 Å². The van der Waals surface area contributed by atoms with Gasteiger partial charge in [0, 0.05) is 6.21 Å². The van der Waals surface area contributed by atoms with Crippen molar-refractivity contribution in [2.75, 3.05) is 6.54 Å². The minimum atomic E-state index is 0.753. The second-order valence-corrected chi connectivity index (χ2v) is 2.99. The van der Waals surface area contributed by atoms with Gasteiger partial charge in [0.1, 0.15) is 0 Å². The zero-order valence-electron chi connectivity index (χ0n) is 7.76. The van der Waals surface area contributed by atoms with Gasteiger partial charge >= 0.3 is 0 Å². The molecule has 1 rings (SSSR count). The van der Waals surface area contributed by atoms with Crippen LogP contribution in [0.25, 0.3) is 0 Å². The highest BCUT2D eigenvalue weighted by Gasteiger charge is 1.90. The van der Waals surface area contributed by atoms with E-state index in [1.807, 2.05) is 0 Å². The van der Waals surface area contributed by atoms with Gasteiger partial charge in [-0.3, -0.25) is 0 Å². The molecule has 0 aromatic heterocycles. The zero-order chi connectivity index (χ0) is 9.19. The summed E-state index contributed by atoms with van der Waals surface area (Å²) in [4.78, 5) is 0. The molecule has 5 heteroatoms. The molecule has 0 saturated heterocycles. The van der Waals surface area contributed by atoms with E-state index in [9.17, 15) is 0 Å². The van der Waals surface area contributed by atoms with Crippen LogP contribution in [0, 0.1) is 0 Å². The lowest BCUT2D eigenvalue weighted by Gasteiger charge is -1.96. The number of hydrogen-bond donors (Lipinski definition) is 0. The van der Waals surface area contributed by atoms with Crippen molar-refractivity contribution in [3.63, 3.8) is 0 Å². The summed E-state index contributed by atoms with van der Waals surface area (Å²) in [5.41, 5.74) is 0. The largest absolute Gasteiger partial charge is 0.167 e. The molecule has 0 amide bonds. The van der Waals surface area contributed by atoms with Crippen LogP contribution in [0.15, 0.2) is 25.9 Å². The van der Waals surface area contributed by atoms with Gasteiger partial charge in [-0.05, 0) is 34.9 Å². The molecular formula is C8H15N5. The summed E-state index contributed by atoms with van der Waals surface area (Å²) < 4.78 is 0. The van der Waals surface area contributed by atoms with Gasteiger partial charge in [-0.25, -0.2) is 0 Å². The summed E-state index contributed by atoms with van der Waals surface area (Å²) in [5, 5.41) is 17.9. The predicted octanol–water partition coefficient (Wildman–Crippen LogP) is 3.15. The molecule has 5 nitrogen and oxygen atoms in total. The summed E-state index contributed by atoms with van der Waals surface area (Å²) in [6, 6.07) is 0. The van der Waals surface area contributed by atoms with E-state index < -0.39 is 0 Å². The standard InChI is InChI=1S/C8H15N5/c1-2-4-6-8-10-12-13-11-9-7-5-3-1/h7H,1-6,8H2/b9-7-,12-10?,13-11-. The van der Waals surface area contributed by atoms with Crippen molar-refractivity contribution in [1.82, 2.24) is 0 Å². The molecule has 0 saturated carbocycles. The van der Waals surface area contributed by atoms with Crippen LogP contribution in [0.2, 0.25) is 0 Å². The molecule has 13 heavy (non-hydrogen) atoms. The monoisotopic (exact) mass is 181 g/mol. The van der Waals surface area contributed by atoms with Gasteiger partial charge in [0.05, 0.1) is 6.54 Å². The summed E-state index contributed by atoms with van der Waals surface area (Å²) in [5.74, 6) is 0. The lowest BCUT2D eigenvalue weighted by molar-refractivity contribution is 0.622. The van der Waals surface area contributed by atoms with Crippen molar-refractivity contribution >= 4 is 6.21 Å². The van der Waals surface area contributed by atoms with E-state index in [1.54, 1.807) is 6.21 Å². The maximum atomic E-state index is 3.83. The third-order valence-electron chi connectivity index (χ3n) is 1.87. The lowest BCUT2D eigenvalue weighted by atomic mass is 10.1. The normalized spacial score (nSPS) is 25.2. The van der Waals surface area contributed by atoms with Gasteiger partial charge in [-0.1, -0.05) is 19.3 Å². The quantitative estimate of drug-likeness (QED) is 0.551. The summed E-state index contributed by atoms with van der Waals surface area (Å²) >= 11 is 0. The van der Waals surface area contributed by atoms with Crippen LogP contribution in [0.4, 0.5) is 0 Å². The van der Waals surface area contributed by atoms with Crippen molar-refractivity contribution in [2.45, 2.75) is 38.5 Å². The van der Waals surface area contributed by atoms with Gasteiger partial charge in [0.25, 0.3) is 0 Å². The maximum Gasteiger partial charge on any atom is 0.0621 e. The molecule has 0 bridgehead atoms. The third kappa shape index (κ3) is 6.07. The molecule has 0 unspecified atom stereocenters. The smallest absolute Gasteiger partial charge is 0.0621 e. The van der Waals surface area contributed by atoms with Gasteiger partial charge in [-0.15, -0.1) is 5.10 Å². The molecule has 0 N–H and O–H groups in total. The Morgan fingerprint density at radius 1 is 0.769 bits per heavy atom. The van der Waals surface area contributed by atoms with E-state index >= 15 is 0 Å². The van der Waals surface area contributed by atoms with Crippen molar-refractivity contribution in [1.29, 1.82) is 0 Å². The average molecular weight is 181 g/mol. The highest BCUT2D eigenvalue weighted by atomic mass is 15.5. The SMILES string of the molecule is C1=N\N=N/N=NCCCCCCC/1. The third-order valence-corrected chi connectivity index (χ3v) is 1.87. The Morgan fingerprint density at radius 3 is 2.62 bits per heavy atom.